The first-order valence-electron chi connectivity index (χ1n) is 11.5. The smallest absolute Gasteiger partial charge is 0.309 e. The van der Waals surface area contributed by atoms with Crippen molar-refractivity contribution in [3.05, 3.63) is 46.5 Å². The highest BCUT2D eigenvalue weighted by Gasteiger charge is 2.22. The second-order valence-electron chi connectivity index (χ2n) is 8.53. The molecule has 0 unspecified atom stereocenters. The molecule has 29 heavy (non-hydrogen) atoms. The van der Waals surface area contributed by atoms with E-state index in [4.69, 9.17) is 8.39 Å². The van der Waals surface area contributed by atoms with Crippen LogP contribution in [0.3, 0.4) is 0 Å². The van der Waals surface area contributed by atoms with Gasteiger partial charge in [0, 0.05) is 23.9 Å². The van der Waals surface area contributed by atoms with Crippen molar-refractivity contribution in [3.8, 4) is 0 Å². The summed E-state index contributed by atoms with van der Waals surface area (Å²) in [6, 6.07) is 9.10. The number of hydrogen-bond donors (Lipinski definition) is 0. The first kappa shape index (κ1) is 19.3. The highest BCUT2D eigenvalue weighted by Crippen LogP contribution is 2.42. The molecule has 2 aliphatic rings. The number of rotatable bonds is 4. The minimum absolute atomic E-state index is 0.945. The van der Waals surface area contributed by atoms with Crippen molar-refractivity contribution < 1.29 is 8.39 Å². The summed E-state index contributed by atoms with van der Waals surface area (Å²) in [5.41, 5.74) is 8.17. The lowest BCUT2D eigenvalue weighted by molar-refractivity contribution is 0.618. The maximum atomic E-state index is 6.67. The lowest BCUT2D eigenvalue weighted by Gasteiger charge is -2.20. The Hall–Kier alpha value is -1.70. The topological polar surface area (TPSA) is 29.5 Å². The van der Waals surface area contributed by atoms with Crippen LogP contribution < -0.4 is 4.67 Å². The van der Waals surface area contributed by atoms with Crippen LogP contribution >= 0.6 is 8.16 Å². The highest BCUT2D eigenvalue weighted by atomic mass is 31.1. The van der Waals surface area contributed by atoms with Gasteiger partial charge in [0.1, 0.15) is 11.2 Å². The molecule has 3 aromatic rings. The fraction of sp³-hybridized carbons (Fsp3) is 0.520. The molecule has 0 N–H and O–H groups in total. The van der Waals surface area contributed by atoms with Crippen LogP contribution in [0, 0.1) is 0 Å². The fourth-order valence-electron chi connectivity index (χ4n) is 5.23. The average Bonchev–Trinajstić information content (AvgIpc) is 2.94. The van der Waals surface area contributed by atoms with Gasteiger partial charge >= 0.3 is 8.16 Å². The summed E-state index contributed by atoms with van der Waals surface area (Å²) < 4.78 is 15.7. The van der Waals surface area contributed by atoms with Gasteiger partial charge in [-0.1, -0.05) is 26.0 Å². The van der Waals surface area contributed by atoms with E-state index < -0.39 is 8.16 Å². The van der Waals surface area contributed by atoms with Crippen LogP contribution in [0.15, 0.2) is 32.7 Å². The van der Waals surface area contributed by atoms with E-state index in [0.717, 1.165) is 43.5 Å². The highest BCUT2D eigenvalue weighted by molar-refractivity contribution is 7.38. The molecule has 3 nitrogen and oxygen atoms in total. The van der Waals surface area contributed by atoms with Gasteiger partial charge in [0.25, 0.3) is 0 Å². The van der Waals surface area contributed by atoms with Gasteiger partial charge in [-0.05, 0) is 92.2 Å². The molecule has 1 heterocycles. The normalized spacial score (nSPS) is 16.2. The van der Waals surface area contributed by atoms with E-state index in [0.29, 0.717) is 0 Å². The Labute approximate surface area is 174 Å². The molecule has 4 heteroatoms. The molecule has 0 saturated carbocycles. The van der Waals surface area contributed by atoms with Crippen LogP contribution in [0.2, 0.25) is 0 Å². The Morgan fingerprint density at radius 1 is 0.759 bits per heavy atom. The Kier molecular flexibility index (Phi) is 5.45. The lowest BCUT2D eigenvalue weighted by Crippen LogP contribution is -2.19. The van der Waals surface area contributed by atoms with Gasteiger partial charge in [0.2, 0.25) is 0 Å². The summed E-state index contributed by atoms with van der Waals surface area (Å²) in [6.07, 6.45) is 11.0. The number of benzene rings is 2. The predicted molar refractivity (Wildman–Crippen MR) is 124 cm³/mol. The number of aryl methyl sites for hydroxylation is 4. The fourth-order valence-corrected chi connectivity index (χ4v) is 6.73. The van der Waals surface area contributed by atoms with Crippen LogP contribution in [-0.4, -0.2) is 13.1 Å². The van der Waals surface area contributed by atoms with E-state index >= 15 is 0 Å². The predicted octanol–water partition coefficient (Wildman–Crippen LogP) is 7.42. The molecule has 1 aromatic heterocycles. The van der Waals surface area contributed by atoms with Gasteiger partial charge in [-0.15, -0.1) is 0 Å². The summed E-state index contributed by atoms with van der Waals surface area (Å²) >= 11 is 0. The Bertz CT molecular complexity index is 1010. The van der Waals surface area contributed by atoms with E-state index in [9.17, 15) is 0 Å². The summed E-state index contributed by atoms with van der Waals surface area (Å²) in [7, 11) is -1.13. The molecular weight excluding hydrogens is 377 g/mol. The second kappa shape index (κ2) is 8.20. The summed E-state index contributed by atoms with van der Waals surface area (Å²) in [4.78, 5) is 0. The van der Waals surface area contributed by atoms with E-state index in [2.05, 4.69) is 42.8 Å². The van der Waals surface area contributed by atoms with Gasteiger partial charge < -0.3 is 8.39 Å². The van der Waals surface area contributed by atoms with Crippen molar-refractivity contribution in [1.29, 1.82) is 0 Å². The molecule has 0 aliphatic heterocycles. The van der Waals surface area contributed by atoms with Crippen molar-refractivity contribution in [3.63, 3.8) is 0 Å². The quantitative estimate of drug-likeness (QED) is 0.449. The molecular formula is C25H32NO2P. The first-order valence-corrected chi connectivity index (χ1v) is 12.6. The average molecular weight is 410 g/mol. The van der Waals surface area contributed by atoms with Crippen molar-refractivity contribution in [2.75, 3.05) is 17.8 Å². The SMILES string of the molecule is CCCN(CC)p1oc2ccc3c(c2c2c4c(ccc2o1)CCCC4)CCCC3. The lowest BCUT2D eigenvalue weighted by atomic mass is 9.84. The molecule has 0 saturated heterocycles. The molecule has 0 radical (unpaired) electrons. The maximum absolute atomic E-state index is 6.67. The summed E-state index contributed by atoms with van der Waals surface area (Å²) in [5, 5.41) is 2.71. The molecule has 5 rings (SSSR count). The standard InChI is InChI=1S/C25H32NO2P/c1-3-17-26(4-2)29-27-22-15-13-18-9-5-7-11-20(18)24(22)25-21-12-8-6-10-19(21)14-16-23(25)28-29/h13-16H,3-12,17H2,1-2H3. The number of fused-ring (bicyclic) bond motifs is 7. The minimum Gasteiger partial charge on any atom is -0.408 e. The van der Waals surface area contributed by atoms with E-state index in [1.807, 2.05) is 0 Å². The monoisotopic (exact) mass is 409 g/mol. The van der Waals surface area contributed by atoms with Gasteiger partial charge in [0.05, 0.1) is 0 Å². The largest absolute Gasteiger partial charge is 0.408 e. The van der Waals surface area contributed by atoms with E-state index in [-0.39, 0.29) is 0 Å². The van der Waals surface area contributed by atoms with Crippen LogP contribution in [0.5, 0.6) is 0 Å². The minimum atomic E-state index is -1.13. The Morgan fingerprint density at radius 3 is 1.76 bits per heavy atom. The molecule has 0 spiro atoms. The van der Waals surface area contributed by atoms with Crippen LogP contribution in [-0.2, 0) is 25.7 Å². The third-order valence-electron chi connectivity index (χ3n) is 6.67. The van der Waals surface area contributed by atoms with Gasteiger partial charge in [0.15, 0.2) is 0 Å². The van der Waals surface area contributed by atoms with E-state index in [1.54, 1.807) is 0 Å². The van der Waals surface area contributed by atoms with E-state index in [1.165, 1.54) is 71.6 Å². The molecule has 154 valence electrons. The molecule has 0 atom stereocenters. The zero-order chi connectivity index (χ0) is 19.8. The zero-order valence-corrected chi connectivity index (χ0v) is 18.7. The second-order valence-corrected chi connectivity index (χ2v) is 9.94. The van der Waals surface area contributed by atoms with Crippen LogP contribution in [0.1, 0.15) is 68.2 Å². The first-order chi connectivity index (χ1) is 14.3. The molecule has 2 aromatic carbocycles. The third kappa shape index (κ3) is 3.43. The van der Waals surface area contributed by atoms with Gasteiger partial charge in [-0.2, -0.15) is 0 Å². The maximum Gasteiger partial charge on any atom is 0.309 e. The summed E-state index contributed by atoms with van der Waals surface area (Å²) in [6.45, 7) is 6.38. The van der Waals surface area contributed by atoms with Gasteiger partial charge in [-0.3, -0.25) is 0 Å². The van der Waals surface area contributed by atoms with Crippen LogP contribution in [0.4, 0.5) is 0 Å². The zero-order valence-electron chi connectivity index (χ0n) is 17.8. The van der Waals surface area contributed by atoms with Crippen molar-refractivity contribution >= 4 is 30.1 Å². The Morgan fingerprint density at radius 2 is 1.28 bits per heavy atom. The molecule has 0 fully saturated rings. The van der Waals surface area contributed by atoms with Crippen LogP contribution in [0.25, 0.3) is 21.9 Å². The molecule has 0 amide bonds. The molecule has 2 aliphatic carbocycles. The van der Waals surface area contributed by atoms with Crippen molar-refractivity contribution in [1.82, 2.24) is 0 Å². The van der Waals surface area contributed by atoms with Gasteiger partial charge in [-0.25, -0.2) is 4.67 Å². The van der Waals surface area contributed by atoms with Crippen molar-refractivity contribution in [2.24, 2.45) is 0 Å². The molecule has 0 bridgehead atoms. The third-order valence-corrected chi connectivity index (χ3v) is 8.32. The summed E-state index contributed by atoms with van der Waals surface area (Å²) in [5.74, 6) is 0. The number of hydrogen-bond acceptors (Lipinski definition) is 3. The Balaban J connectivity index is 1.92. The number of nitrogens with zero attached hydrogens (tertiary/aromatic N) is 1. The van der Waals surface area contributed by atoms with Crippen molar-refractivity contribution in [2.45, 2.75) is 71.6 Å².